The molecule has 0 aliphatic heterocycles. The third-order valence-electron chi connectivity index (χ3n) is 2.59. The van der Waals surface area contributed by atoms with Gasteiger partial charge < -0.3 is 10.8 Å². The third kappa shape index (κ3) is 1.75. The van der Waals surface area contributed by atoms with Crippen LogP contribution in [-0.4, -0.2) is 22.6 Å². The molecule has 3 N–H and O–H groups in total. The molecule has 1 aromatic heterocycles. The summed E-state index contributed by atoms with van der Waals surface area (Å²) in [5.74, 6) is -1.58. The van der Waals surface area contributed by atoms with Crippen molar-refractivity contribution in [3.05, 3.63) is 42.1 Å². The maximum atomic E-state index is 11.1. The van der Waals surface area contributed by atoms with E-state index in [1.165, 1.54) is 0 Å². The first-order chi connectivity index (χ1) is 7.74. The quantitative estimate of drug-likeness (QED) is 0.812. The van der Waals surface area contributed by atoms with Gasteiger partial charge in [0.05, 0.1) is 11.4 Å². The van der Waals surface area contributed by atoms with Crippen LogP contribution in [0.15, 0.2) is 36.5 Å². The maximum absolute atomic E-state index is 11.1. The van der Waals surface area contributed by atoms with Crippen LogP contribution in [0, 0.1) is 0 Å². The molecule has 1 atom stereocenters. The normalized spacial score (nSPS) is 12.6. The van der Waals surface area contributed by atoms with E-state index in [1.54, 1.807) is 12.3 Å². The highest BCUT2D eigenvalue weighted by Crippen LogP contribution is 2.23. The van der Waals surface area contributed by atoms with Crippen LogP contribution < -0.4 is 5.73 Å². The predicted molar refractivity (Wildman–Crippen MR) is 61.2 cm³/mol. The van der Waals surface area contributed by atoms with Crippen LogP contribution in [0.25, 0.3) is 10.9 Å². The summed E-state index contributed by atoms with van der Waals surface area (Å²) in [7, 11) is 0. The molecule has 0 aliphatic carbocycles. The van der Waals surface area contributed by atoms with Crippen molar-refractivity contribution < 1.29 is 9.90 Å². The molecule has 82 valence electrons. The van der Waals surface area contributed by atoms with Crippen molar-refractivity contribution in [3.63, 3.8) is 0 Å². The van der Waals surface area contributed by atoms with E-state index in [4.69, 9.17) is 10.8 Å². The molecule has 2 rings (SSSR count). The number of rotatable bonds is 3. The predicted octanol–water partition coefficient (Wildman–Crippen LogP) is 1.36. The highest BCUT2D eigenvalue weighted by Gasteiger charge is 2.19. The summed E-state index contributed by atoms with van der Waals surface area (Å²) in [6.45, 7) is 0.0866. The van der Waals surface area contributed by atoms with Gasteiger partial charge in [-0.25, -0.2) is 0 Å². The maximum Gasteiger partial charge on any atom is 0.312 e. The first kappa shape index (κ1) is 10.6. The van der Waals surface area contributed by atoms with Crippen molar-refractivity contribution in [1.29, 1.82) is 0 Å². The van der Waals surface area contributed by atoms with Crippen LogP contribution in [0.2, 0.25) is 0 Å². The zero-order valence-electron chi connectivity index (χ0n) is 8.63. The largest absolute Gasteiger partial charge is 0.481 e. The number of carboxylic acids is 1. The molecule has 0 spiro atoms. The molecule has 0 saturated heterocycles. The number of fused-ring (bicyclic) bond motifs is 1. The van der Waals surface area contributed by atoms with E-state index in [1.807, 2.05) is 24.3 Å². The van der Waals surface area contributed by atoms with Crippen LogP contribution in [0.5, 0.6) is 0 Å². The lowest BCUT2D eigenvalue weighted by molar-refractivity contribution is -0.138. The van der Waals surface area contributed by atoms with Crippen molar-refractivity contribution in [2.24, 2.45) is 5.73 Å². The Morgan fingerprint density at radius 3 is 2.81 bits per heavy atom. The van der Waals surface area contributed by atoms with Crippen LogP contribution in [0.1, 0.15) is 11.5 Å². The average Bonchev–Trinajstić information content (AvgIpc) is 2.30. The van der Waals surface area contributed by atoms with Crippen molar-refractivity contribution in [2.75, 3.05) is 6.54 Å². The Morgan fingerprint density at radius 2 is 2.12 bits per heavy atom. The van der Waals surface area contributed by atoms with E-state index >= 15 is 0 Å². The molecule has 0 bridgehead atoms. The summed E-state index contributed by atoms with van der Waals surface area (Å²) in [5, 5.41) is 9.94. The van der Waals surface area contributed by atoms with Crippen molar-refractivity contribution in [2.45, 2.75) is 5.92 Å². The molecule has 0 aliphatic rings. The molecule has 0 fully saturated rings. The molecular weight excluding hydrogens is 204 g/mol. The van der Waals surface area contributed by atoms with Crippen molar-refractivity contribution in [3.8, 4) is 0 Å². The number of nitrogens with two attached hydrogens (primary N) is 1. The SMILES string of the molecule is NCC(C(=O)O)c1ccnc2ccccc12. The molecule has 2 aromatic rings. The first-order valence-corrected chi connectivity index (χ1v) is 5.00. The van der Waals surface area contributed by atoms with Gasteiger partial charge in [0, 0.05) is 18.1 Å². The minimum Gasteiger partial charge on any atom is -0.481 e. The highest BCUT2D eigenvalue weighted by molar-refractivity contribution is 5.88. The van der Waals surface area contributed by atoms with E-state index in [9.17, 15) is 4.79 Å². The topological polar surface area (TPSA) is 76.2 Å². The molecule has 4 nitrogen and oxygen atoms in total. The third-order valence-corrected chi connectivity index (χ3v) is 2.59. The Morgan fingerprint density at radius 1 is 1.38 bits per heavy atom. The van der Waals surface area contributed by atoms with Gasteiger partial charge in [-0.15, -0.1) is 0 Å². The fourth-order valence-corrected chi connectivity index (χ4v) is 1.78. The number of carbonyl (C=O) groups is 1. The van der Waals surface area contributed by atoms with Gasteiger partial charge in [-0.05, 0) is 17.7 Å². The summed E-state index contributed by atoms with van der Waals surface area (Å²) < 4.78 is 0. The number of hydrogen-bond acceptors (Lipinski definition) is 3. The zero-order valence-corrected chi connectivity index (χ0v) is 8.63. The average molecular weight is 216 g/mol. The van der Waals surface area contributed by atoms with Gasteiger partial charge in [-0.1, -0.05) is 18.2 Å². The first-order valence-electron chi connectivity index (χ1n) is 5.00. The number of pyridine rings is 1. The van der Waals surface area contributed by atoms with Gasteiger partial charge in [0.2, 0.25) is 0 Å². The number of hydrogen-bond donors (Lipinski definition) is 2. The van der Waals surface area contributed by atoms with E-state index in [-0.39, 0.29) is 6.54 Å². The van der Waals surface area contributed by atoms with Crippen LogP contribution in [-0.2, 0) is 4.79 Å². The zero-order chi connectivity index (χ0) is 11.5. The number of aliphatic carboxylic acids is 1. The van der Waals surface area contributed by atoms with Gasteiger partial charge in [-0.2, -0.15) is 0 Å². The Balaban J connectivity index is 2.63. The van der Waals surface area contributed by atoms with E-state index in [0.29, 0.717) is 0 Å². The Bertz CT molecular complexity index is 520. The summed E-state index contributed by atoms with van der Waals surface area (Å²) in [5.41, 5.74) is 7.01. The lowest BCUT2D eigenvalue weighted by atomic mass is 9.96. The van der Waals surface area contributed by atoms with Gasteiger partial charge >= 0.3 is 5.97 Å². The number of nitrogens with zero attached hydrogens (tertiary/aromatic N) is 1. The van der Waals surface area contributed by atoms with Crippen LogP contribution in [0.3, 0.4) is 0 Å². The summed E-state index contributed by atoms with van der Waals surface area (Å²) in [6, 6.07) is 9.17. The standard InChI is InChI=1S/C12H12N2O2/c13-7-10(12(15)16)8-5-6-14-11-4-2-1-3-9(8)11/h1-6,10H,7,13H2,(H,15,16). The summed E-state index contributed by atoms with van der Waals surface area (Å²) in [4.78, 5) is 15.3. The fraction of sp³-hybridized carbons (Fsp3) is 0.167. The second-order valence-electron chi connectivity index (χ2n) is 3.54. The number of carboxylic acid groups (broad SMARTS) is 1. The van der Waals surface area contributed by atoms with Crippen LogP contribution >= 0.6 is 0 Å². The van der Waals surface area contributed by atoms with Gasteiger partial charge in [-0.3, -0.25) is 9.78 Å². The van der Waals surface area contributed by atoms with E-state index in [0.717, 1.165) is 16.5 Å². The minimum absolute atomic E-state index is 0.0866. The smallest absolute Gasteiger partial charge is 0.312 e. The number of benzene rings is 1. The highest BCUT2D eigenvalue weighted by atomic mass is 16.4. The van der Waals surface area contributed by atoms with Gasteiger partial charge in [0.25, 0.3) is 0 Å². The number of para-hydroxylation sites is 1. The molecule has 1 unspecified atom stereocenters. The molecule has 16 heavy (non-hydrogen) atoms. The lowest BCUT2D eigenvalue weighted by Gasteiger charge is -2.12. The van der Waals surface area contributed by atoms with Crippen LogP contribution in [0.4, 0.5) is 0 Å². The van der Waals surface area contributed by atoms with Gasteiger partial charge in [0.15, 0.2) is 0 Å². The van der Waals surface area contributed by atoms with Crippen molar-refractivity contribution in [1.82, 2.24) is 4.98 Å². The molecule has 0 radical (unpaired) electrons. The summed E-state index contributed by atoms with van der Waals surface area (Å²) >= 11 is 0. The van der Waals surface area contributed by atoms with E-state index in [2.05, 4.69) is 4.98 Å². The Kier molecular flexibility index (Phi) is 2.83. The van der Waals surface area contributed by atoms with E-state index < -0.39 is 11.9 Å². The molecule has 0 amide bonds. The van der Waals surface area contributed by atoms with Crippen molar-refractivity contribution >= 4 is 16.9 Å². The molecular formula is C12H12N2O2. The van der Waals surface area contributed by atoms with Gasteiger partial charge in [0.1, 0.15) is 0 Å². The fourth-order valence-electron chi connectivity index (χ4n) is 1.78. The molecule has 1 heterocycles. The second-order valence-corrected chi connectivity index (χ2v) is 3.54. The number of aromatic nitrogens is 1. The Labute approximate surface area is 92.7 Å². The summed E-state index contributed by atoms with van der Waals surface area (Å²) in [6.07, 6.45) is 1.61. The monoisotopic (exact) mass is 216 g/mol. The minimum atomic E-state index is -0.904. The molecule has 1 aromatic carbocycles. The molecule has 4 heteroatoms. The second kappa shape index (κ2) is 4.28. The lowest BCUT2D eigenvalue weighted by Crippen LogP contribution is -2.21. The molecule has 0 saturated carbocycles. The Hall–Kier alpha value is -1.94.